The minimum atomic E-state index is -0.316. The minimum absolute atomic E-state index is 0.164. The van der Waals surface area contributed by atoms with Crippen molar-refractivity contribution in [3.05, 3.63) is 58.5 Å². The van der Waals surface area contributed by atoms with E-state index in [0.29, 0.717) is 5.56 Å². The van der Waals surface area contributed by atoms with Gasteiger partial charge in [-0.2, -0.15) is 0 Å². The summed E-state index contributed by atoms with van der Waals surface area (Å²) in [5.41, 5.74) is 1.52. The first-order valence-corrected chi connectivity index (χ1v) is 6.84. The lowest BCUT2D eigenvalue weighted by atomic mass is 10.0. The molecule has 1 N–H and O–H groups in total. The van der Waals surface area contributed by atoms with E-state index in [0.717, 1.165) is 31.5 Å². The van der Waals surface area contributed by atoms with Crippen LogP contribution in [-0.2, 0) is 0 Å². The summed E-state index contributed by atoms with van der Waals surface area (Å²) in [5, 5.41) is 0. The summed E-state index contributed by atoms with van der Waals surface area (Å²) in [6.07, 6.45) is 3.61. The van der Waals surface area contributed by atoms with Gasteiger partial charge in [0.05, 0.1) is 0 Å². The van der Waals surface area contributed by atoms with Gasteiger partial charge < -0.3 is 9.88 Å². The summed E-state index contributed by atoms with van der Waals surface area (Å²) in [5.74, 6) is -0.164. The quantitative estimate of drug-likeness (QED) is 0.908. The number of carbonyl (C=O) groups excluding carboxylic acids is 1. The van der Waals surface area contributed by atoms with Gasteiger partial charge in [0.25, 0.3) is 11.5 Å². The van der Waals surface area contributed by atoms with Crippen molar-refractivity contribution in [3.63, 3.8) is 0 Å². The van der Waals surface area contributed by atoms with Gasteiger partial charge >= 0.3 is 0 Å². The highest BCUT2D eigenvalue weighted by Gasteiger charge is 2.24. The van der Waals surface area contributed by atoms with Crippen molar-refractivity contribution in [1.82, 2.24) is 9.88 Å². The van der Waals surface area contributed by atoms with Crippen molar-refractivity contribution >= 4 is 5.91 Å². The number of nitrogens with one attached hydrogen (secondary N) is 1. The third-order valence-electron chi connectivity index (χ3n) is 3.65. The smallest absolute Gasteiger partial charge is 0.261 e. The van der Waals surface area contributed by atoms with E-state index in [9.17, 15) is 9.59 Å². The number of nitrogens with zero attached hydrogens (tertiary/aromatic N) is 1. The molecule has 0 aliphatic carbocycles. The molecule has 2 heterocycles. The van der Waals surface area contributed by atoms with Gasteiger partial charge in [-0.05, 0) is 24.5 Å². The van der Waals surface area contributed by atoms with Crippen LogP contribution in [-0.4, -0.2) is 28.9 Å². The van der Waals surface area contributed by atoms with Crippen molar-refractivity contribution in [2.75, 3.05) is 13.1 Å². The molecule has 0 unspecified atom stereocenters. The number of carbonyl (C=O) groups is 1. The molecule has 3 rings (SSSR count). The molecule has 4 nitrogen and oxygen atoms in total. The van der Waals surface area contributed by atoms with Crippen LogP contribution in [0.25, 0.3) is 11.1 Å². The van der Waals surface area contributed by atoms with Crippen LogP contribution in [0, 0.1) is 0 Å². The Morgan fingerprint density at radius 2 is 1.75 bits per heavy atom. The third kappa shape index (κ3) is 2.25. The zero-order valence-electron chi connectivity index (χ0n) is 11.1. The van der Waals surface area contributed by atoms with Gasteiger partial charge in [0, 0.05) is 24.8 Å². The average Bonchev–Trinajstić information content (AvgIpc) is 3.01. The summed E-state index contributed by atoms with van der Waals surface area (Å²) in [7, 11) is 0. The molecular formula is C16H16N2O2. The minimum Gasteiger partial charge on any atom is -0.338 e. The molecule has 4 heteroatoms. The molecule has 20 heavy (non-hydrogen) atoms. The van der Waals surface area contributed by atoms with Crippen LogP contribution in [0.4, 0.5) is 0 Å². The Morgan fingerprint density at radius 1 is 1.05 bits per heavy atom. The Balaban J connectivity index is 2.10. The maximum atomic E-state index is 12.6. The van der Waals surface area contributed by atoms with Crippen LogP contribution in [0.15, 0.2) is 47.4 Å². The van der Waals surface area contributed by atoms with Gasteiger partial charge in [-0.25, -0.2) is 0 Å². The molecule has 2 aromatic rings. The molecule has 0 atom stereocenters. The standard InChI is InChI=1S/C16H16N2O2/c19-15-14(16(20)18-10-4-5-11-18)13(8-9-17-15)12-6-2-1-3-7-12/h1-3,6-9H,4-5,10-11H2,(H,17,19). The van der Waals surface area contributed by atoms with E-state index in [4.69, 9.17) is 0 Å². The second-order valence-corrected chi connectivity index (χ2v) is 4.96. The Kier molecular flexibility index (Phi) is 3.37. The zero-order chi connectivity index (χ0) is 13.9. The number of H-pyrrole nitrogens is 1. The van der Waals surface area contributed by atoms with Crippen molar-refractivity contribution < 1.29 is 4.79 Å². The van der Waals surface area contributed by atoms with Crippen LogP contribution in [0.5, 0.6) is 0 Å². The molecule has 1 aliphatic heterocycles. The van der Waals surface area contributed by atoms with Crippen molar-refractivity contribution in [2.24, 2.45) is 0 Å². The van der Waals surface area contributed by atoms with E-state index in [2.05, 4.69) is 4.98 Å². The predicted molar refractivity (Wildman–Crippen MR) is 77.6 cm³/mol. The Hall–Kier alpha value is -2.36. The molecule has 1 aromatic heterocycles. The summed E-state index contributed by atoms with van der Waals surface area (Å²) in [6.45, 7) is 1.47. The third-order valence-corrected chi connectivity index (χ3v) is 3.65. The molecule has 1 fully saturated rings. The number of aromatic amines is 1. The lowest BCUT2D eigenvalue weighted by Gasteiger charge is -2.16. The molecule has 0 radical (unpaired) electrons. The summed E-state index contributed by atoms with van der Waals surface area (Å²) in [6, 6.07) is 11.3. The number of hydrogen-bond donors (Lipinski definition) is 1. The zero-order valence-corrected chi connectivity index (χ0v) is 11.1. The number of hydrogen-bond acceptors (Lipinski definition) is 2. The molecule has 0 bridgehead atoms. The number of benzene rings is 1. The van der Waals surface area contributed by atoms with Crippen LogP contribution in [0.3, 0.4) is 0 Å². The molecule has 1 amide bonds. The molecule has 1 aromatic carbocycles. The average molecular weight is 268 g/mol. The first kappa shape index (κ1) is 12.7. The monoisotopic (exact) mass is 268 g/mol. The maximum absolute atomic E-state index is 12.6. The van der Waals surface area contributed by atoms with Gasteiger partial charge in [0.1, 0.15) is 5.56 Å². The van der Waals surface area contributed by atoms with Gasteiger partial charge in [-0.1, -0.05) is 30.3 Å². The number of pyridine rings is 1. The Morgan fingerprint density at radius 3 is 2.45 bits per heavy atom. The van der Waals surface area contributed by atoms with E-state index in [1.165, 1.54) is 0 Å². The lowest BCUT2D eigenvalue weighted by molar-refractivity contribution is 0.0792. The van der Waals surface area contributed by atoms with Crippen molar-refractivity contribution in [2.45, 2.75) is 12.8 Å². The Labute approximate surface area is 117 Å². The largest absolute Gasteiger partial charge is 0.338 e. The number of amides is 1. The topological polar surface area (TPSA) is 53.2 Å². The van der Waals surface area contributed by atoms with E-state index < -0.39 is 0 Å². The molecule has 0 saturated carbocycles. The molecule has 1 aliphatic rings. The van der Waals surface area contributed by atoms with Gasteiger partial charge in [0.15, 0.2) is 0 Å². The highest BCUT2D eigenvalue weighted by molar-refractivity contribution is 6.00. The van der Waals surface area contributed by atoms with Crippen LogP contribution < -0.4 is 5.56 Å². The first-order chi connectivity index (χ1) is 9.77. The second-order valence-electron chi connectivity index (χ2n) is 4.96. The van der Waals surface area contributed by atoms with Crippen LogP contribution in [0.1, 0.15) is 23.2 Å². The Bertz CT molecular complexity index is 670. The van der Waals surface area contributed by atoms with Crippen LogP contribution in [0.2, 0.25) is 0 Å². The fraction of sp³-hybridized carbons (Fsp3) is 0.250. The van der Waals surface area contributed by atoms with Crippen LogP contribution >= 0.6 is 0 Å². The fourth-order valence-electron chi connectivity index (χ4n) is 2.63. The summed E-state index contributed by atoms with van der Waals surface area (Å²) < 4.78 is 0. The van der Waals surface area contributed by atoms with Gasteiger partial charge in [0.2, 0.25) is 0 Å². The van der Waals surface area contributed by atoms with Gasteiger partial charge in [-0.15, -0.1) is 0 Å². The highest BCUT2D eigenvalue weighted by Crippen LogP contribution is 2.23. The number of aromatic nitrogens is 1. The lowest BCUT2D eigenvalue weighted by Crippen LogP contribution is -2.33. The van der Waals surface area contributed by atoms with Crippen molar-refractivity contribution in [1.29, 1.82) is 0 Å². The first-order valence-electron chi connectivity index (χ1n) is 6.84. The SMILES string of the molecule is O=C(c1c(-c2ccccc2)cc[nH]c1=O)N1CCCC1. The summed E-state index contributed by atoms with van der Waals surface area (Å²) in [4.78, 5) is 29.0. The summed E-state index contributed by atoms with van der Waals surface area (Å²) >= 11 is 0. The molecule has 102 valence electrons. The van der Waals surface area contributed by atoms with E-state index in [1.807, 2.05) is 30.3 Å². The van der Waals surface area contributed by atoms with E-state index in [1.54, 1.807) is 17.2 Å². The van der Waals surface area contributed by atoms with E-state index >= 15 is 0 Å². The second kappa shape index (κ2) is 5.33. The predicted octanol–water partition coefficient (Wildman–Crippen LogP) is 2.28. The fourth-order valence-corrected chi connectivity index (χ4v) is 2.63. The van der Waals surface area contributed by atoms with Gasteiger partial charge in [-0.3, -0.25) is 9.59 Å². The number of rotatable bonds is 2. The normalized spacial score (nSPS) is 14.5. The molecule has 1 saturated heterocycles. The number of likely N-dealkylation sites (tertiary alicyclic amines) is 1. The highest BCUT2D eigenvalue weighted by atomic mass is 16.2. The molecular weight excluding hydrogens is 252 g/mol. The van der Waals surface area contributed by atoms with Crippen molar-refractivity contribution in [3.8, 4) is 11.1 Å². The maximum Gasteiger partial charge on any atom is 0.261 e. The molecule has 0 spiro atoms. The van der Waals surface area contributed by atoms with E-state index in [-0.39, 0.29) is 17.0 Å².